The van der Waals surface area contributed by atoms with Crippen LogP contribution in [0.1, 0.15) is 19.8 Å². The van der Waals surface area contributed by atoms with Crippen molar-refractivity contribution in [1.29, 1.82) is 0 Å². The third kappa shape index (κ3) is 2.69. The van der Waals surface area contributed by atoms with E-state index in [0.717, 1.165) is 30.8 Å². The number of unbranched alkanes of at least 4 members (excludes halogenated alkanes) is 1. The predicted molar refractivity (Wildman–Crippen MR) is 70.8 cm³/mol. The summed E-state index contributed by atoms with van der Waals surface area (Å²) < 4.78 is 1.84. The highest BCUT2D eigenvalue weighted by Gasteiger charge is 2.11. The van der Waals surface area contributed by atoms with E-state index in [9.17, 15) is 0 Å². The summed E-state index contributed by atoms with van der Waals surface area (Å²) in [5.74, 6) is 1.58. The van der Waals surface area contributed by atoms with Crippen molar-refractivity contribution in [2.75, 3.05) is 23.9 Å². The molecule has 0 aliphatic rings. The lowest BCUT2D eigenvalue weighted by atomic mass is 10.3. The molecule has 0 amide bonds. The molecule has 92 valence electrons. The van der Waals surface area contributed by atoms with Gasteiger partial charge in [0.05, 0.1) is 6.20 Å². The van der Waals surface area contributed by atoms with Gasteiger partial charge in [-0.15, -0.1) is 11.6 Å². The van der Waals surface area contributed by atoms with Crippen LogP contribution in [0.4, 0.5) is 5.82 Å². The van der Waals surface area contributed by atoms with E-state index in [0.29, 0.717) is 5.88 Å². The van der Waals surface area contributed by atoms with Crippen LogP contribution in [0, 0.1) is 0 Å². The SMILES string of the molecule is CCCCN(CCCl)c1nccn2nccc12. The van der Waals surface area contributed by atoms with Gasteiger partial charge in [-0.25, -0.2) is 9.50 Å². The van der Waals surface area contributed by atoms with E-state index < -0.39 is 0 Å². The van der Waals surface area contributed by atoms with Gasteiger partial charge in [0.1, 0.15) is 5.52 Å². The Labute approximate surface area is 106 Å². The molecule has 0 aliphatic carbocycles. The number of rotatable bonds is 6. The molecule has 0 bridgehead atoms. The number of aromatic nitrogens is 3. The molecule has 0 aliphatic heterocycles. The van der Waals surface area contributed by atoms with Crippen LogP contribution in [0.15, 0.2) is 24.7 Å². The number of alkyl halides is 1. The molecule has 2 aromatic rings. The van der Waals surface area contributed by atoms with Crippen LogP contribution in [0.3, 0.4) is 0 Å². The highest BCUT2D eigenvalue weighted by Crippen LogP contribution is 2.18. The van der Waals surface area contributed by atoms with E-state index in [1.54, 1.807) is 12.4 Å². The van der Waals surface area contributed by atoms with Crippen LogP contribution < -0.4 is 4.90 Å². The minimum Gasteiger partial charge on any atom is -0.354 e. The average Bonchev–Trinajstić information content (AvgIpc) is 2.82. The van der Waals surface area contributed by atoms with Crippen LogP contribution in [-0.4, -0.2) is 33.6 Å². The number of anilines is 1. The Morgan fingerprint density at radius 1 is 1.35 bits per heavy atom. The first kappa shape index (κ1) is 12.2. The van der Waals surface area contributed by atoms with Gasteiger partial charge in [-0.1, -0.05) is 13.3 Å². The molecule has 0 unspecified atom stereocenters. The number of halogens is 1. The van der Waals surface area contributed by atoms with E-state index >= 15 is 0 Å². The molecule has 2 aromatic heterocycles. The monoisotopic (exact) mass is 252 g/mol. The number of nitrogens with zero attached hydrogens (tertiary/aromatic N) is 4. The normalized spacial score (nSPS) is 10.9. The Bertz CT molecular complexity index is 468. The fraction of sp³-hybridized carbons (Fsp3) is 0.500. The fourth-order valence-electron chi connectivity index (χ4n) is 1.86. The zero-order valence-electron chi connectivity index (χ0n) is 10.0. The van der Waals surface area contributed by atoms with Crippen LogP contribution >= 0.6 is 11.6 Å². The summed E-state index contributed by atoms with van der Waals surface area (Å²) in [6, 6.07) is 1.98. The van der Waals surface area contributed by atoms with Gasteiger partial charge < -0.3 is 4.90 Å². The van der Waals surface area contributed by atoms with Crippen molar-refractivity contribution in [1.82, 2.24) is 14.6 Å². The van der Waals surface area contributed by atoms with E-state index in [1.807, 2.05) is 16.8 Å². The Kier molecular flexibility index (Phi) is 4.20. The van der Waals surface area contributed by atoms with Crippen LogP contribution in [0.25, 0.3) is 5.52 Å². The summed E-state index contributed by atoms with van der Waals surface area (Å²) in [5, 5.41) is 4.22. The first-order valence-electron chi connectivity index (χ1n) is 5.96. The number of hydrogen-bond acceptors (Lipinski definition) is 3. The van der Waals surface area contributed by atoms with Crippen LogP contribution in [0.5, 0.6) is 0 Å². The van der Waals surface area contributed by atoms with Crippen LogP contribution in [-0.2, 0) is 0 Å². The smallest absolute Gasteiger partial charge is 0.154 e. The molecular weight excluding hydrogens is 236 g/mol. The van der Waals surface area contributed by atoms with E-state index in [1.165, 1.54) is 6.42 Å². The molecule has 0 fully saturated rings. The van der Waals surface area contributed by atoms with Crippen molar-refractivity contribution in [3.8, 4) is 0 Å². The van der Waals surface area contributed by atoms with Gasteiger partial charge in [0.25, 0.3) is 0 Å². The highest BCUT2D eigenvalue weighted by molar-refractivity contribution is 6.18. The molecule has 2 rings (SSSR count). The van der Waals surface area contributed by atoms with E-state index in [-0.39, 0.29) is 0 Å². The Balaban J connectivity index is 2.30. The van der Waals surface area contributed by atoms with Gasteiger partial charge in [-0.2, -0.15) is 5.10 Å². The summed E-state index contributed by atoms with van der Waals surface area (Å²) in [6.45, 7) is 3.99. The first-order chi connectivity index (χ1) is 8.36. The highest BCUT2D eigenvalue weighted by atomic mass is 35.5. The topological polar surface area (TPSA) is 33.4 Å². The van der Waals surface area contributed by atoms with Crippen LogP contribution in [0.2, 0.25) is 0 Å². The largest absolute Gasteiger partial charge is 0.354 e. The van der Waals surface area contributed by atoms with Crippen molar-refractivity contribution in [2.24, 2.45) is 0 Å². The Hall–Kier alpha value is -1.29. The average molecular weight is 253 g/mol. The van der Waals surface area contributed by atoms with Crippen molar-refractivity contribution < 1.29 is 0 Å². The Morgan fingerprint density at radius 3 is 3.00 bits per heavy atom. The van der Waals surface area contributed by atoms with E-state index in [4.69, 9.17) is 11.6 Å². The predicted octanol–water partition coefficient (Wildman–Crippen LogP) is 2.57. The molecule has 0 spiro atoms. The molecule has 17 heavy (non-hydrogen) atoms. The minimum atomic E-state index is 0.612. The molecule has 2 heterocycles. The second kappa shape index (κ2) is 5.87. The zero-order chi connectivity index (χ0) is 12.1. The van der Waals surface area contributed by atoms with Crippen molar-refractivity contribution in [3.63, 3.8) is 0 Å². The van der Waals surface area contributed by atoms with Crippen molar-refractivity contribution in [3.05, 3.63) is 24.7 Å². The maximum atomic E-state index is 5.86. The fourth-order valence-corrected chi connectivity index (χ4v) is 2.07. The van der Waals surface area contributed by atoms with Crippen molar-refractivity contribution >= 4 is 22.9 Å². The lowest BCUT2D eigenvalue weighted by Gasteiger charge is -2.22. The molecule has 0 atom stereocenters. The molecule has 0 N–H and O–H groups in total. The quantitative estimate of drug-likeness (QED) is 0.741. The third-order valence-electron chi connectivity index (χ3n) is 2.74. The number of hydrogen-bond donors (Lipinski definition) is 0. The van der Waals surface area contributed by atoms with Gasteiger partial charge in [0.15, 0.2) is 5.82 Å². The molecule has 4 nitrogen and oxygen atoms in total. The molecule has 0 aromatic carbocycles. The minimum absolute atomic E-state index is 0.612. The van der Waals surface area contributed by atoms with Gasteiger partial charge in [0, 0.05) is 31.4 Å². The molecule has 0 saturated carbocycles. The molecule has 5 heteroatoms. The standard InChI is InChI=1S/C12H17ClN4/c1-2-3-8-16(9-5-13)12-11-4-6-15-17(11)10-7-14-12/h4,6-7,10H,2-3,5,8-9H2,1H3. The van der Waals surface area contributed by atoms with Gasteiger partial charge in [0.2, 0.25) is 0 Å². The lowest BCUT2D eigenvalue weighted by molar-refractivity contribution is 0.725. The molecular formula is C12H17ClN4. The second-order valence-corrected chi connectivity index (χ2v) is 4.32. The van der Waals surface area contributed by atoms with Crippen molar-refractivity contribution in [2.45, 2.75) is 19.8 Å². The van der Waals surface area contributed by atoms with Gasteiger partial charge in [-0.3, -0.25) is 0 Å². The van der Waals surface area contributed by atoms with Gasteiger partial charge >= 0.3 is 0 Å². The summed E-state index contributed by atoms with van der Waals surface area (Å²) in [4.78, 5) is 6.69. The number of fused-ring (bicyclic) bond motifs is 1. The second-order valence-electron chi connectivity index (χ2n) is 3.94. The maximum absolute atomic E-state index is 5.86. The molecule has 0 saturated heterocycles. The first-order valence-corrected chi connectivity index (χ1v) is 6.49. The summed E-state index contributed by atoms with van der Waals surface area (Å²) in [6.07, 6.45) is 7.74. The zero-order valence-corrected chi connectivity index (χ0v) is 10.8. The Morgan fingerprint density at radius 2 is 2.24 bits per heavy atom. The van der Waals surface area contributed by atoms with E-state index in [2.05, 4.69) is 21.9 Å². The molecule has 0 radical (unpaired) electrons. The third-order valence-corrected chi connectivity index (χ3v) is 2.91. The lowest BCUT2D eigenvalue weighted by Crippen LogP contribution is -2.28. The summed E-state index contributed by atoms with van der Waals surface area (Å²) in [7, 11) is 0. The summed E-state index contributed by atoms with van der Waals surface area (Å²) in [5.41, 5.74) is 1.04. The van der Waals surface area contributed by atoms with Gasteiger partial charge in [-0.05, 0) is 12.5 Å². The summed E-state index contributed by atoms with van der Waals surface area (Å²) >= 11 is 5.86. The maximum Gasteiger partial charge on any atom is 0.154 e.